The summed E-state index contributed by atoms with van der Waals surface area (Å²) < 4.78 is 5.45. The van der Waals surface area contributed by atoms with Gasteiger partial charge in [-0.15, -0.1) is 0 Å². The highest BCUT2D eigenvalue weighted by molar-refractivity contribution is 6.33. The molecule has 1 aliphatic carbocycles. The first kappa shape index (κ1) is 10.8. The van der Waals surface area contributed by atoms with Gasteiger partial charge in [0.15, 0.2) is 5.76 Å². The standard InChI is InChI=1S/C14H14ClNO/c15-12-13(10-6-2-1-3-7-10)16-17-14(12)11-8-4-5-9-11/h1-3,6-7,11H,4-5,8-9H2. The maximum atomic E-state index is 6.38. The molecule has 0 unspecified atom stereocenters. The Balaban J connectivity index is 1.97. The smallest absolute Gasteiger partial charge is 0.159 e. The molecule has 2 nitrogen and oxygen atoms in total. The van der Waals surface area contributed by atoms with E-state index in [2.05, 4.69) is 5.16 Å². The third-order valence-corrected chi connectivity index (χ3v) is 3.80. The molecule has 1 saturated carbocycles. The van der Waals surface area contributed by atoms with Crippen molar-refractivity contribution in [1.82, 2.24) is 5.16 Å². The Labute approximate surface area is 106 Å². The minimum Gasteiger partial charge on any atom is -0.359 e. The molecule has 0 amide bonds. The zero-order valence-electron chi connectivity index (χ0n) is 9.53. The van der Waals surface area contributed by atoms with E-state index in [1.165, 1.54) is 25.7 Å². The van der Waals surface area contributed by atoms with Crippen molar-refractivity contribution in [2.24, 2.45) is 0 Å². The first-order valence-electron chi connectivity index (χ1n) is 6.07. The summed E-state index contributed by atoms with van der Waals surface area (Å²) >= 11 is 6.38. The minimum absolute atomic E-state index is 0.465. The van der Waals surface area contributed by atoms with Crippen molar-refractivity contribution in [1.29, 1.82) is 0 Å². The maximum absolute atomic E-state index is 6.38. The van der Waals surface area contributed by atoms with Crippen LogP contribution in [0.2, 0.25) is 5.02 Å². The van der Waals surface area contributed by atoms with Crippen LogP contribution in [0.4, 0.5) is 0 Å². The van der Waals surface area contributed by atoms with Crippen LogP contribution in [0, 0.1) is 0 Å². The van der Waals surface area contributed by atoms with Gasteiger partial charge in [-0.25, -0.2) is 0 Å². The topological polar surface area (TPSA) is 26.0 Å². The monoisotopic (exact) mass is 247 g/mol. The fraction of sp³-hybridized carbons (Fsp3) is 0.357. The van der Waals surface area contributed by atoms with Crippen molar-refractivity contribution in [2.45, 2.75) is 31.6 Å². The molecule has 0 N–H and O–H groups in total. The second-order valence-electron chi connectivity index (χ2n) is 4.56. The lowest BCUT2D eigenvalue weighted by molar-refractivity contribution is 0.362. The Kier molecular flexibility index (Phi) is 2.89. The van der Waals surface area contributed by atoms with E-state index in [1.54, 1.807) is 0 Å². The molecule has 17 heavy (non-hydrogen) atoms. The molecule has 88 valence electrons. The second-order valence-corrected chi connectivity index (χ2v) is 4.93. The summed E-state index contributed by atoms with van der Waals surface area (Å²) in [5, 5.41) is 4.82. The molecule has 0 spiro atoms. The fourth-order valence-corrected chi connectivity index (χ4v) is 2.84. The van der Waals surface area contributed by atoms with Crippen molar-refractivity contribution >= 4 is 11.6 Å². The van der Waals surface area contributed by atoms with Gasteiger partial charge < -0.3 is 4.52 Å². The van der Waals surface area contributed by atoms with Crippen LogP contribution in [-0.2, 0) is 0 Å². The van der Waals surface area contributed by atoms with Gasteiger partial charge in [-0.1, -0.05) is 59.9 Å². The Bertz CT molecular complexity index is 500. The van der Waals surface area contributed by atoms with E-state index >= 15 is 0 Å². The lowest BCUT2D eigenvalue weighted by Gasteiger charge is -2.03. The molecule has 1 heterocycles. The second kappa shape index (κ2) is 4.53. The van der Waals surface area contributed by atoms with Gasteiger partial charge in [0.1, 0.15) is 10.7 Å². The molecule has 1 aromatic heterocycles. The van der Waals surface area contributed by atoms with Crippen molar-refractivity contribution in [3.05, 3.63) is 41.1 Å². The molecule has 3 rings (SSSR count). The normalized spacial score (nSPS) is 16.5. The Morgan fingerprint density at radius 3 is 2.53 bits per heavy atom. The van der Waals surface area contributed by atoms with Gasteiger partial charge in [0.2, 0.25) is 0 Å². The zero-order valence-corrected chi connectivity index (χ0v) is 10.3. The highest BCUT2D eigenvalue weighted by Crippen LogP contribution is 2.41. The van der Waals surface area contributed by atoms with Crippen molar-refractivity contribution in [3.63, 3.8) is 0 Å². The molecular weight excluding hydrogens is 234 g/mol. The van der Waals surface area contributed by atoms with Gasteiger partial charge in [-0.3, -0.25) is 0 Å². The summed E-state index contributed by atoms with van der Waals surface area (Å²) in [6, 6.07) is 9.95. The zero-order chi connectivity index (χ0) is 11.7. The predicted octanol–water partition coefficient (Wildman–Crippen LogP) is 4.65. The number of rotatable bonds is 2. The van der Waals surface area contributed by atoms with E-state index in [-0.39, 0.29) is 0 Å². The lowest BCUT2D eigenvalue weighted by atomic mass is 10.0. The third kappa shape index (κ3) is 1.98. The van der Waals surface area contributed by atoms with Crippen LogP contribution in [0.15, 0.2) is 34.9 Å². The van der Waals surface area contributed by atoms with Gasteiger partial charge in [0, 0.05) is 11.5 Å². The van der Waals surface area contributed by atoms with Gasteiger partial charge in [0.05, 0.1) is 0 Å². The SMILES string of the molecule is Clc1c(-c2ccccc2)noc1C1CCCC1. The number of nitrogens with zero attached hydrogens (tertiary/aromatic N) is 1. The van der Waals surface area contributed by atoms with Gasteiger partial charge in [0.25, 0.3) is 0 Å². The first-order valence-corrected chi connectivity index (χ1v) is 6.44. The highest BCUT2D eigenvalue weighted by Gasteiger charge is 2.26. The van der Waals surface area contributed by atoms with Gasteiger partial charge >= 0.3 is 0 Å². The van der Waals surface area contributed by atoms with Crippen molar-refractivity contribution < 1.29 is 4.52 Å². The molecular formula is C14H14ClNO. The molecule has 0 saturated heterocycles. The Hall–Kier alpha value is -1.28. The molecule has 1 aliphatic rings. The largest absolute Gasteiger partial charge is 0.359 e. The fourth-order valence-electron chi connectivity index (χ4n) is 2.51. The van der Waals surface area contributed by atoms with Crippen molar-refractivity contribution in [3.8, 4) is 11.3 Å². The third-order valence-electron chi connectivity index (χ3n) is 3.43. The maximum Gasteiger partial charge on any atom is 0.159 e. The highest BCUT2D eigenvalue weighted by atomic mass is 35.5. The molecule has 0 aliphatic heterocycles. The molecule has 0 radical (unpaired) electrons. The quantitative estimate of drug-likeness (QED) is 0.772. The lowest BCUT2D eigenvalue weighted by Crippen LogP contribution is -1.89. The summed E-state index contributed by atoms with van der Waals surface area (Å²) in [4.78, 5) is 0. The minimum atomic E-state index is 0.465. The summed E-state index contributed by atoms with van der Waals surface area (Å²) in [6.07, 6.45) is 4.87. The summed E-state index contributed by atoms with van der Waals surface area (Å²) in [5.41, 5.74) is 1.79. The van der Waals surface area contributed by atoms with E-state index in [4.69, 9.17) is 16.1 Å². The van der Waals surface area contributed by atoms with Crippen LogP contribution in [0.3, 0.4) is 0 Å². The van der Waals surface area contributed by atoms with Crippen LogP contribution in [0.5, 0.6) is 0 Å². The van der Waals surface area contributed by atoms with Crippen LogP contribution in [0.1, 0.15) is 37.4 Å². The first-order chi connectivity index (χ1) is 8.36. The van der Waals surface area contributed by atoms with Crippen LogP contribution >= 0.6 is 11.6 Å². The summed E-state index contributed by atoms with van der Waals surface area (Å²) in [6.45, 7) is 0. The molecule has 3 heteroatoms. The van der Waals surface area contributed by atoms with Crippen molar-refractivity contribution in [2.75, 3.05) is 0 Å². The molecule has 1 fully saturated rings. The number of hydrogen-bond donors (Lipinski definition) is 0. The Morgan fingerprint density at radius 1 is 1.12 bits per heavy atom. The van der Waals surface area contributed by atoms with E-state index in [0.717, 1.165) is 17.0 Å². The number of halogens is 1. The molecule has 1 aromatic carbocycles. The predicted molar refractivity (Wildman–Crippen MR) is 68.2 cm³/mol. The average Bonchev–Trinajstić information content (AvgIpc) is 2.99. The van der Waals surface area contributed by atoms with Crippen LogP contribution < -0.4 is 0 Å². The summed E-state index contributed by atoms with van der Waals surface area (Å²) in [5.74, 6) is 1.34. The summed E-state index contributed by atoms with van der Waals surface area (Å²) in [7, 11) is 0. The molecule has 0 bridgehead atoms. The van der Waals surface area contributed by atoms with E-state index in [1.807, 2.05) is 30.3 Å². The van der Waals surface area contributed by atoms with E-state index in [9.17, 15) is 0 Å². The molecule has 2 aromatic rings. The number of benzene rings is 1. The van der Waals surface area contributed by atoms with Crippen LogP contribution in [0.25, 0.3) is 11.3 Å². The number of hydrogen-bond acceptors (Lipinski definition) is 2. The number of aromatic nitrogens is 1. The molecule has 0 atom stereocenters. The van der Waals surface area contributed by atoms with Crippen LogP contribution in [-0.4, -0.2) is 5.16 Å². The van der Waals surface area contributed by atoms with E-state index in [0.29, 0.717) is 10.9 Å². The average molecular weight is 248 g/mol. The van der Waals surface area contributed by atoms with E-state index < -0.39 is 0 Å². The van der Waals surface area contributed by atoms with Gasteiger partial charge in [-0.2, -0.15) is 0 Å². The van der Waals surface area contributed by atoms with Gasteiger partial charge in [-0.05, 0) is 12.8 Å². The Morgan fingerprint density at radius 2 is 1.82 bits per heavy atom.